The Labute approximate surface area is 231 Å². The first-order chi connectivity index (χ1) is 18.3. The van der Waals surface area contributed by atoms with Crippen molar-refractivity contribution in [3.63, 3.8) is 0 Å². The van der Waals surface area contributed by atoms with Crippen molar-refractivity contribution < 1.29 is 44.1 Å². The zero-order chi connectivity index (χ0) is 30.3. The van der Waals surface area contributed by atoms with Crippen LogP contribution in [0.15, 0.2) is 48.5 Å². The predicted octanol–water partition coefficient (Wildman–Crippen LogP) is 9.13. The van der Waals surface area contributed by atoms with Crippen molar-refractivity contribution in [2.45, 2.75) is 63.0 Å². The summed E-state index contributed by atoms with van der Waals surface area (Å²) in [6.45, 7) is 5.39. The summed E-state index contributed by atoms with van der Waals surface area (Å²) >= 11 is 6.13. The van der Waals surface area contributed by atoms with Crippen LogP contribution in [0.1, 0.15) is 44.7 Å². The number of halogens is 10. The lowest BCUT2D eigenvalue weighted by molar-refractivity contribution is -0.454. The van der Waals surface area contributed by atoms with Crippen LogP contribution in [0.2, 0.25) is 5.02 Å². The van der Waals surface area contributed by atoms with Crippen LogP contribution < -0.4 is 4.90 Å². The van der Waals surface area contributed by atoms with Crippen molar-refractivity contribution in [2.75, 3.05) is 25.0 Å². The van der Waals surface area contributed by atoms with E-state index in [0.29, 0.717) is 22.0 Å². The summed E-state index contributed by atoms with van der Waals surface area (Å²) in [7, 11) is 1.94. The molecule has 1 aliphatic heterocycles. The fourth-order valence-corrected chi connectivity index (χ4v) is 4.86. The van der Waals surface area contributed by atoms with Crippen molar-refractivity contribution in [1.29, 1.82) is 0 Å². The van der Waals surface area contributed by atoms with Gasteiger partial charge in [-0.3, -0.25) is 0 Å². The van der Waals surface area contributed by atoms with Gasteiger partial charge in [0.2, 0.25) is 5.69 Å². The molecule has 0 unspecified atom stereocenters. The second-order valence-electron chi connectivity index (χ2n) is 10.3. The number of hydrogen-bond donors (Lipinski definition) is 0. The highest BCUT2D eigenvalue weighted by Gasteiger charge is 2.81. The third kappa shape index (κ3) is 5.71. The summed E-state index contributed by atoms with van der Waals surface area (Å²) in [6, 6.07) is 11.9. The Bertz CT molecular complexity index is 1280. The molecule has 0 atom stereocenters. The van der Waals surface area contributed by atoms with E-state index >= 15 is 0 Å². The molecular weight excluding hydrogens is 571 g/mol. The minimum absolute atomic E-state index is 0.298. The van der Waals surface area contributed by atoms with Crippen LogP contribution in [0.25, 0.3) is 6.08 Å². The van der Waals surface area contributed by atoms with E-state index in [4.69, 9.17) is 11.6 Å². The number of fused-ring (bicyclic) bond motifs is 1. The highest BCUT2D eigenvalue weighted by atomic mass is 35.5. The highest BCUT2D eigenvalue weighted by molar-refractivity contribution is 6.30. The number of anilines is 1. The van der Waals surface area contributed by atoms with Gasteiger partial charge < -0.3 is 4.90 Å². The van der Waals surface area contributed by atoms with Gasteiger partial charge in [-0.1, -0.05) is 30.7 Å². The number of nitrogens with zero attached hydrogens (tertiary/aromatic N) is 2. The van der Waals surface area contributed by atoms with E-state index in [-0.39, 0.29) is 0 Å². The molecule has 0 amide bonds. The minimum atomic E-state index is -6.93. The largest absolute Gasteiger partial charge is 0.460 e. The SMILES string of the molecule is CCCN(C)c1ccc(/C=C/C2=[N+](CCC(F)(F)C(F)(F)C(F)(F)C(F)(F)F)c3ccc(Cl)cc3C2(C)C)cc1. The molecule has 2 nitrogen and oxygen atoms in total. The van der Waals surface area contributed by atoms with E-state index in [9.17, 15) is 39.5 Å². The van der Waals surface area contributed by atoms with Crippen LogP contribution in [0.4, 0.5) is 50.9 Å². The Morgan fingerprint density at radius 1 is 0.875 bits per heavy atom. The zero-order valence-corrected chi connectivity index (χ0v) is 23.0. The van der Waals surface area contributed by atoms with E-state index in [2.05, 4.69) is 4.90 Å². The van der Waals surface area contributed by atoms with E-state index in [1.54, 1.807) is 32.1 Å². The topological polar surface area (TPSA) is 6.25 Å². The molecule has 2 aromatic carbocycles. The Morgan fingerprint density at radius 2 is 1.48 bits per heavy atom. The lowest BCUT2D eigenvalue weighted by atomic mass is 9.81. The number of benzene rings is 2. The molecule has 220 valence electrons. The van der Waals surface area contributed by atoms with Gasteiger partial charge in [0.25, 0.3) is 0 Å². The molecule has 0 aromatic heterocycles. The third-order valence-electron chi connectivity index (χ3n) is 7.04. The molecular formula is C28H29ClF9N2+. The van der Waals surface area contributed by atoms with E-state index in [1.807, 2.05) is 38.2 Å². The lowest BCUT2D eigenvalue weighted by Crippen LogP contribution is -2.61. The fourth-order valence-electron chi connectivity index (χ4n) is 4.69. The standard InChI is InChI=1S/C28H29ClF9N2/c1-5-15-39(4)20-10-6-18(7-11-20)8-13-23-24(2,3)21-17-19(29)9-12-22(21)40(23)16-14-25(30,31)26(32,33)27(34,35)28(36,37)38/h6-13,17H,5,14-16H2,1-4H3/q+1. The Kier molecular flexibility index (Phi) is 8.71. The maximum atomic E-state index is 14.4. The zero-order valence-electron chi connectivity index (χ0n) is 22.2. The van der Waals surface area contributed by atoms with Crippen LogP contribution in [-0.2, 0) is 5.41 Å². The minimum Gasteiger partial charge on any atom is -0.375 e. The van der Waals surface area contributed by atoms with Crippen LogP contribution in [0.5, 0.6) is 0 Å². The van der Waals surface area contributed by atoms with Crippen molar-refractivity contribution in [3.8, 4) is 0 Å². The molecule has 0 spiro atoms. The number of rotatable bonds is 10. The normalized spacial score (nSPS) is 16.1. The average Bonchev–Trinajstić information content (AvgIpc) is 3.06. The number of alkyl halides is 9. The second-order valence-corrected chi connectivity index (χ2v) is 10.7. The Balaban J connectivity index is 2.01. The maximum absolute atomic E-state index is 14.4. The number of allylic oxidation sites excluding steroid dienone is 1. The van der Waals surface area contributed by atoms with Gasteiger partial charge in [-0.25, -0.2) is 0 Å². The first kappa shape index (κ1) is 31.8. The molecule has 12 heteroatoms. The summed E-state index contributed by atoms with van der Waals surface area (Å²) in [4.78, 5) is 2.06. The van der Waals surface area contributed by atoms with Gasteiger partial charge in [0, 0.05) is 42.0 Å². The molecule has 0 saturated heterocycles. The molecule has 2 aromatic rings. The molecule has 1 heterocycles. The molecule has 1 aliphatic rings. The van der Waals surface area contributed by atoms with Gasteiger partial charge in [0.15, 0.2) is 12.3 Å². The smallest absolute Gasteiger partial charge is 0.375 e. The predicted molar refractivity (Wildman–Crippen MR) is 139 cm³/mol. The number of hydrogen-bond acceptors (Lipinski definition) is 1. The summed E-state index contributed by atoms with van der Waals surface area (Å²) in [5.74, 6) is -19.3. The maximum Gasteiger partial charge on any atom is 0.460 e. The second kappa shape index (κ2) is 10.9. The van der Waals surface area contributed by atoms with E-state index in [1.165, 1.54) is 16.7 Å². The molecule has 0 aliphatic carbocycles. The average molecular weight is 600 g/mol. The molecule has 0 fully saturated rings. The van der Waals surface area contributed by atoms with Gasteiger partial charge in [-0.05, 0) is 56.2 Å². The molecule has 0 radical (unpaired) electrons. The molecule has 40 heavy (non-hydrogen) atoms. The monoisotopic (exact) mass is 599 g/mol. The summed E-state index contributed by atoms with van der Waals surface area (Å²) in [5.41, 5.74) is 1.99. The van der Waals surface area contributed by atoms with Gasteiger partial charge >= 0.3 is 23.9 Å². The molecule has 0 N–H and O–H groups in total. The van der Waals surface area contributed by atoms with Crippen LogP contribution in [0.3, 0.4) is 0 Å². The van der Waals surface area contributed by atoms with Gasteiger partial charge in [-0.2, -0.15) is 44.1 Å². The Hall–Kier alpha value is -2.69. The van der Waals surface area contributed by atoms with Crippen LogP contribution >= 0.6 is 11.6 Å². The Morgan fingerprint density at radius 3 is 2.02 bits per heavy atom. The van der Waals surface area contributed by atoms with Crippen LogP contribution in [-0.4, -0.2) is 54.4 Å². The lowest BCUT2D eigenvalue weighted by Gasteiger charge is -2.33. The quantitative estimate of drug-likeness (QED) is 0.195. The van der Waals surface area contributed by atoms with Crippen molar-refractivity contribution >= 4 is 34.8 Å². The summed E-state index contributed by atoms with van der Waals surface area (Å²) < 4.78 is 123. The molecule has 0 bridgehead atoms. The van der Waals surface area contributed by atoms with Crippen molar-refractivity contribution in [2.24, 2.45) is 0 Å². The van der Waals surface area contributed by atoms with Gasteiger partial charge in [-0.15, -0.1) is 0 Å². The molecule has 0 saturated carbocycles. The van der Waals surface area contributed by atoms with Crippen molar-refractivity contribution in [3.05, 3.63) is 64.7 Å². The molecule has 3 rings (SSSR count). The van der Waals surface area contributed by atoms with E-state index < -0.39 is 42.3 Å². The summed E-state index contributed by atoms with van der Waals surface area (Å²) in [6.07, 6.45) is -4.63. The summed E-state index contributed by atoms with van der Waals surface area (Å²) in [5, 5.41) is 0.311. The van der Waals surface area contributed by atoms with E-state index in [0.717, 1.165) is 24.2 Å². The third-order valence-corrected chi connectivity index (χ3v) is 7.27. The first-order valence-corrected chi connectivity index (χ1v) is 12.8. The van der Waals surface area contributed by atoms with Gasteiger partial charge in [0.05, 0.1) is 11.8 Å². The fraction of sp³-hybridized carbons (Fsp3) is 0.464. The van der Waals surface area contributed by atoms with Crippen LogP contribution in [0, 0.1) is 0 Å². The van der Waals surface area contributed by atoms with Gasteiger partial charge in [0.1, 0.15) is 0 Å². The first-order valence-electron chi connectivity index (χ1n) is 12.4. The van der Waals surface area contributed by atoms with Crippen molar-refractivity contribution in [1.82, 2.24) is 0 Å². The highest BCUT2D eigenvalue weighted by Crippen LogP contribution is 2.54.